The van der Waals surface area contributed by atoms with Crippen molar-refractivity contribution in [3.05, 3.63) is 95.8 Å². The van der Waals surface area contributed by atoms with Crippen molar-refractivity contribution < 1.29 is 4.79 Å². The Hall–Kier alpha value is -3.78. The number of hydrogen-bond donors (Lipinski definition) is 1. The summed E-state index contributed by atoms with van der Waals surface area (Å²) >= 11 is 1.55. The molecule has 0 saturated heterocycles. The number of amides is 1. The van der Waals surface area contributed by atoms with Crippen molar-refractivity contribution in [1.82, 2.24) is 19.7 Å². The van der Waals surface area contributed by atoms with E-state index < -0.39 is 5.92 Å². The Kier molecular flexibility index (Phi) is 6.22. The molecule has 7 nitrogen and oxygen atoms in total. The van der Waals surface area contributed by atoms with Crippen LogP contribution in [0.15, 0.2) is 89.3 Å². The highest BCUT2D eigenvalue weighted by Gasteiger charge is 2.39. The highest BCUT2D eigenvalue weighted by molar-refractivity contribution is 7.98. The van der Waals surface area contributed by atoms with Gasteiger partial charge in [-0.1, -0.05) is 60.3 Å². The second-order valence-corrected chi connectivity index (χ2v) is 9.12. The minimum atomic E-state index is -0.539. The SMILES string of the molecule is CC1=Nc2nc(SCc3ccccc3)nn2C(c2ccncc2)C1C(=O)Nc1ccccc1C. The second-order valence-electron chi connectivity index (χ2n) is 8.17. The van der Waals surface area contributed by atoms with Crippen LogP contribution in [0, 0.1) is 12.8 Å². The summed E-state index contributed by atoms with van der Waals surface area (Å²) in [5.41, 5.74) is 4.62. The van der Waals surface area contributed by atoms with E-state index in [1.54, 1.807) is 28.8 Å². The first-order valence-corrected chi connectivity index (χ1v) is 12.0. The molecule has 2 aromatic heterocycles. The van der Waals surface area contributed by atoms with Crippen LogP contribution in [0.1, 0.15) is 29.7 Å². The van der Waals surface area contributed by atoms with Gasteiger partial charge in [-0.05, 0) is 48.7 Å². The van der Waals surface area contributed by atoms with Gasteiger partial charge in [0.05, 0.1) is 6.04 Å². The molecule has 0 spiro atoms. The third-order valence-corrected chi connectivity index (χ3v) is 6.75. The number of nitrogens with one attached hydrogen (secondary N) is 1. The van der Waals surface area contributed by atoms with Crippen LogP contribution in [-0.4, -0.2) is 31.4 Å². The monoisotopic (exact) mass is 468 g/mol. The summed E-state index contributed by atoms with van der Waals surface area (Å²) in [5, 5.41) is 8.50. The van der Waals surface area contributed by atoms with E-state index in [0.29, 0.717) is 16.8 Å². The minimum Gasteiger partial charge on any atom is -0.325 e. The Labute approximate surface area is 202 Å². The molecule has 4 aromatic rings. The van der Waals surface area contributed by atoms with Crippen molar-refractivity contribution in [2.45, 2.75) is 30.8 Å². The zero-order valence-corrected chi connectivity index (χ0v) is 19.7. The molecule has 1 aliphatic rings. The van der Waals surface area contributed by atoms with Crippen LogP contribution in [0.25, 0.3) is 0 Å². The van der Waals surface area contributed by atoms with E-state index in [2.05, 4.69) is 32.4 Å². The summed E-state index contributed by atoms with van der Waals surface area (Å²) < 4.78 is 1.78. The van der Waals surface area contributed by atoms with Crippen LogP contribution in [-0.2, 0) is 10.5 Å². The van der Waals surface area contributed by atoms with E-state index in [-0.39, 0.29) is 11.9 Å². The molecule has 0 aliphatic carbocycles. The third kappa shape index (κ3) is 4.49. The topological polar surface area (TPSA) is 85.1 Å². The van der Waals surface area contributed by atoms with E-state index in [9.17, 15) is 4.79 Å². The Morgan fingerprint density at radius 2 is 1.74 bits per heavy atom. The molecule has 3 heterocycles. The number of benzene rings is 2. The molecule has 0 bridgehead atoms. The van der Waals surface area contributed by atoms with Gasteiger partial charge in [-0.25, -0.2) is 9.67 Å². The maximum Gasteiger partial charge on any atom is 0.249 e. The van der Waals surface area contributed by atoms with Crippen LogP contribution < -0.4 is 5.32 Å². The predicted molar refractivity (Wildman–Crippen MR) is 134 cm³/mol. The summed E-state index contributed by atoms with van der Waals surface area (Å²) in [6.45, 7) is 3.86. The number of fused-ring (bicyclic) bond motifs is 1. The normalized spacial score (nSPS) is 17.1. The Morgan fingerprint density at radius 1 is 1.00 bits per heavy atom. The summed E-state index contributed by atoms with van der Waals surface area (Å²) in [6.07, 6.45) is 3.46. The van der Waals surface area contributed by atoms with Crippen LogP contribution >= 0.6 is 11.8 Å². The first-order chi connectivity index (χ1) is 16.6. The predicted octanol–water partition coefficient (Wildman–Crippen LogP) is 5.22. The van der Waals surface area contributed by atoms with Crippen molar-refractivity contribution in [3.63, 3.8) is 0 Å². The Bertz CT molecular complexity index is 1340. The molecular weight excluding hydrogens is 444 g/mol. The van der Waals surface area contributed by atoms with Gasteiger partial charge < -0.3 is 5.32 Å². The first kappa shape index (κ1) is 22.0. The molecule has 8 heteroatoms. The van der Waals surface area contributed by atoms with Gasteiger partial charge in [-0.15, -0.1) is 5.10 Å². The number of thioether (sulfide) groups is 1. The molecule has 5 rings (SSSR count). The van der Waals surface area contributed by atoms with Crippen molar-refractivity contribution in [1.29, 1.82) is 0 Å². The van der Waals surface area contributed by atoms with Gasteiger partial charge in [0.25, 0.3) is 0 Å². The van der Waals surface area contributed by atoms with Gasteiger partial charge in [0.15, 0.2) is 0 Å². The molecule has 1 N–H and O–H groups in total. The lowest BCUT2D eigenvalue weighted by atomic mass is 9.88. The maximum atomic E-state index is 13.6. The number of aliphatic imine (C=N–C) groups is 1. The standard InChI is InChI=1S/C26H24N6OS/c1-17-8-6-7-11-21(17)29-24(33)22-18(2)28-25-30-26(34-16-19-9-4-3-5-10-19)31-32(25)23(22)20-12-14-27-15-13-20/h3-15,22-23H,16H2,1-2H3,(H,29,33). The number of anilines is 1. The van der Waals surface area contributed by atoms with Crippen LogP contribution in [0.3, 0.4) is 0 Å². The number of aromatic nitrogens is 4. The smallest absolute Gasteiger partial charge is 0.249 e. The fraction of sp³-hybridized carbons (Fsp3) is 0.192. The molecule has 0 radical (unpaired) electrons. The van der Waals surface area contributed by atoms with E-state index in [1.807, 2.05) is 68.4 Å². The van der Waals surface area contributed by atoms with Crippen molar-refractivity contribution in [2.24, 2.45) is 10.9 Å². The molecule has 170 valence electrons. The van der Waals surface area contributed by atoms with Gasteiger partial charge in [-0.3, -0.25) is 9.78 Å². The number of rotatable bonds is 6. The van der Waals surface area contributed by atoms with Crippen LogP contribution in [0.4, 0.5) is 11.6 Å². The highest BCUT2D eigenvalue weighted by atomic mass is 32.2. The summed E-state index contributed by atoms with van der Waals surface area (Å²) in [4.78, 5) is 27.1. The Balaban J connectivity index is 1.48. The average molecular weight is 469 g/mol. The number of para-hydroxylation sites is 1. The quantitative estimate of drug-likeness (QED) is 0.392. The van der Waals surface area contributed by atoms with Crippen molar-refractivity contribution in [2.75, 3.05) is 5.32 Å². The van der Waals surface area contributed by atoms with Crippen LogP contribution in [0.2, 0.25) is 0 Å². The lowest BCUT2D eigenvalue weighted by Crippen LogP contribution is -2.39. The third-order valence-electron chi connectivity index (χ3n) is 5.84. The molecule has 34 heavy (non-hydrogen) atoms. The minimum absolute atomic E-state index is 0.128. The molecule has 2 unspecified atom stereocenters. The van der Waals surface area contributed by atoms with Crippen LogP contribution in [0.5, 0.6) is 0 Å². The van der Waals surface area contributed by atoms with E-state index >= 15 is 0 Å². The van der Waals surface area contributed by atoms with E-state index in [1.165, 1.54) is 5.56 Å². The first-order valence-electron chi connectivity index (χ1n) is 11.0. The lowest BCUT2D eigenvalue weighted by molar-refractivity contribution is -0.118. The fourth-order valence-electron chi connectivity index (χ4n) is 4.09. The zero-order valence-electron chi connectivity index (χ0n) is 18.9. The molecule has 0 saturated carbocycles. The number of hydrogen-bond acceptors (Lipinski definition) is 6. The van der Waals surface area contributed by atoms with E-state index in [0.717, 1.165) is 22.6 Å². The number of aryl methyl sites for hydroxylation is 1. The van der Waals surface area contributed by atoms with Crippen molar-refractivity contribution in [3.8, 4) is 0 Å². The van der Waals surface area contributed by atoms with Gasteiger partial charge in [0, 0.05) is 29.5 Å². The average Bonchev–Trinajstić information content (AvgIpc) is 3.26. The molecule has 2 aromatic carbocycles. The number of nitrogens with zero attached hydrogens (tertiary/aromatic N) is 5. The summed E-state index contributed by atoms with van der Waals surface area (Å²) in [6, 6.07) is 21.4. The van der Waals surface area contributed by atoms with Gasteiger partial charge >= 0.3 is 0 Å². The van der Waals surface area contributed by atoms with Crippen molar-refractivity contribution >= 4 is 35.0 Å². The number of carbonyl (C=O) groups excluding carboxylic acids is 1. The lowest BCUT2D eigenvalue weighted by Gasteiger charge is -2.30. The summed E-state index contributed by atoms with van der Waals surface area (Å²) in [5.74, 6) is 0.597. The van der Waals surface area contributed by atoms with Gasteiger partial charge in [-0.2, -0.15) is 4.98 Å². The number of pyridine rings is 1. The zero-order chi connectivity index (χ0) is 23.5. The molecule has 1 aliphatic heterocycles. The molecule has 2 atom stereocenters. The van der Waals surface area contributed by atoms with E-state index in [4.69, 9.17) is 5.10 Å². The van der Waals surface area contributed by atoms with Gasteiger partial charge in [0.1, 0.15) is 5.92 Å². The maximum absolute atomic E-state index is 13.6. The Morgan fingerprint density at radius 3 is 2.50 bits per heavy atom. The fourth-order valence-corrected chi connectivity index (χ4v) is 4.87. The largest absolute Gasteiger partial charge is 0.325 e. The molecular formula is C26H24N6OS. The highest BCUT2D eigenvalue weighted by Crippen LogP contribution is 2.37. The van der Waals surface area contributed by atoms with Gasteiger partial charge in [0.2, 0.25) is 17.0 Å². The summed E-state index contributed by atoms with van der Waals surface area (Å²) in [7, 11) is 0. The molecule has 0 fully saturated rings. The second kappa shape index (κ2) is 9.61. The molecule has 1 amide bonds. The number of carbonyl (C=O) groups is 1.